The van der Waals surface area contributed by atoms with Gasteiger partial charge in [0.25, 0.3) is 0 Å². The molecular formula is C16H21FN2O2. The maximum atomic E-state index is 12.8. The van der Waals surface area contributed by atoms with E-state index in [9.17, 15) is 14.0 Å². The number of ketones is 1. The summed E-state index contributed by atoms with van der Waals surface area (Å²) < 4.78 is 12.8. The Hall–Kier alpha value is -1.75. The van der Waals surface area contributed by atoms with Crippen LogP contribution < -0.4 is 10.6 Å². The predicted molar refractivity (Wildman–Crippen MR) is 78.6 cm³/mol. The van der Waals surface area contributed by atoms with Crippen molar-refractivity contribution in [1.82, 2.24) is 10.6 Å². The number of carbonyl (C=O) groups excluding carboxylic acids is 2. The van der Waals surface area contributed by atoms with E-state index in [0.29, 0.717) is 11.6 Å². The molecule has 0 spiro atoms. The summed E-state index contributed by atoms with van der Waals surface area (Å²) in [7, 11) is 0. The lowest BCUT2D eigenvalue weighted by molar-refractivity contribution is -0.122. The van der Waals surface area contributed by atoms with E-state index in [1.165, 1.54) is 24.3 Å². The molecule has 21 heavy (non-hydrogen) atoms. The van der Waals surface area contributed by atoms with Gasteiger partial charge in [-0.2, -0.15) is 0 Å². The first-order valence-corrected chi connectivity index (χ1v) is 7.36. The van der Waals surface area contributed by atoms with E-state index in [0.717, 1.165) is 19.4 Å². The molecule has 0 aromatic heterocycles. The van der Waals surface area contributed by atoms with Crippen LogP contribution in [0.5, 0.6) is 0 Å². The topological polar surface area (TPSA) is 58.2 Å². The number of carbonyl (C=O) groups is 2. The zero-order valence-electron chi connectivity index (χ0n) is 12.2. The summed E-state index contributed by atoms with van der Waals surface area (Å²) >= 11 is 0. The van der Waals surface area contributed by atoms with Crippen molar-refractivity contribution in [3.63, 3.8) is 0 Å². The van der Waals surface area contributed by atoms with Gasteiger partial charge in [-0.1, -0.05) is 0 Å². The number of halogens is 1. The molecule has 4 nitrogen and oxygen atoms in total. The molecule has 2 rings (SSSR count). The average Bonchev–Trinajstić information content (AvgIpc) is 2.45. The number of piperidine rings is 1. The summed E-state index contributed by atoms with van der Waals surface area (Å²) in [5.41, 5.74) is 0.444. The fourth-order valence-electron chi connectivity index (χ4n) is 2.57. The van der Waals surface area contributed by atoms with Gasteiger partial charge in [-0.3, -0.25) is 9.59 Å². The first kappa shape index (κ1) is 15.6. The molecule has 1 aromatic carbocycles. The summed E-state index contributed by atoms with van der Waals surface area (Å²) in [6.45, 7) is 3.00. The van der Waals surface area contributed by atoms with Crippen molar-refractivity contribution in [3.05, 3.63) is 35.6 Å². The maximum Gasteiger partial charge on any atom is 0.220 e. The maximum absolute atomic E-state index is 12.8. The van der Waals surface area contributed by atoms with Crippen LogP contribution in [-0.2, 0) is 4.79 Å². The number of Topliss-reactive ketones (excluding diaryl/α,β-unsaturated/α-hetero) is 1. The summed E-state index contributed by atoms with van der Waals surface area (Å²) in [4.78, 5) is 23.8. The minimum Gasteiger partial charge on any atom is -0.353 e. The quantitative estimate of drug-likeness (QED) is 0.817. The van der Waals surface area contributed by atoms with Crippen LogP contribution in [0.1, 0.15) is 43.0 Å². The third kappa shape index (κ3) is 4.93. The molecule has 1 heterocycles. The van der Waals surface area contributed by atoms with Crippen molar-refractivity contribution in [2.24, 2.45) is 0 Å². The van der Waals surface area contributed by atoms with E-state index in [1.54, 1.807) is 0 Å². The molecule has 1 fully saturated rings. The van der Waals surface area contributed by atoms with Gasteiger partial charge in [-0.15, -0.1) is 0 Å². The second-order valence-electron chi connectivity index (χ2n) is 5.57. The van der Waals surface area contributed by atoms with Crippen molar-refractivity contribution < 1.29 is 14.0 Å². The third-order valence-electron chi connectivity index (χ3n) is 3.73. The molecule has 1 aliphatic heterocycles. The van der Waals surface area contributed by atoms with Crippen molar-refractivity contribution in [2.75, 3.05) is 6.54 Å². The molecule has 5 heteroatoms. The molecular weight excluding hydrogens is 271 g/mol. The van der Waals surface area contributed by atoms with Crippen LogP contribution in [0.15, 0.2) is 24.3 Å². The fourth-order valence-corrected chi connectivity index (χ4v) is 2.57. The zero-order chi connectivity index (χ0) is 15.2. The van der Waals surface area contributed by atoms with Gasteiger partial charge in [0.05, 0.1) is 0 Å². The van der Waals surface area contributed by atoms with Gasteiger partial charge in [0.2, 0.25) is 5.91 Å². The largest absolute Gasteiger partial charge is 0.353 e. The first-order chi connectivity index (χ1) is 10.0. The summed E-state index contributed by atoms with van der Waals surface area (Å²) in [5, 5.41) is 6.30. The Morgan fingerprint density at radius 3 is 2.67 bits per heavy atom. The standard InChI is InChI=1S/C16H21FN2O2/c1-11-10-14(8-9-18-11)19-16(21)7-6-15(20)12-2-4-13(17)5-3-12/h2-5,11,14,18H,6-10H2,1H3,(H,19,21). The van der Waals surface area contributed by atoms with Gasteiger partial charge in [0.15, 0.2) is 5.78 Å². The average molecular weight is 292 g/mol. The molecule has 2 N–H and O–H groups in total. The number of nitrogens with one attached hydrogen (secondary N) is 2. The van der Waals surface area contributed by atoms with Gasteiger partial charge in [-0.05, 0) is 50.6 Å². The van der Waals surface area contributed by atoms with Crippen LogP contribution in [0.25, 0.3) is 0 Å². The zero-order valence-corrected chi connectivity index (χ0v) is 12.2. The molecule has 0 bridgehead atoms. The van der Waals surface area contributed by atoms with Gasteiger partial charge in [0.1, 0.15) is 5.82 Å². The van der Waals surface area contributed by atoms with E-state index in [4.69, 9.17) is 0 Å². The van der Waals surface area contributed by atoms with E-state index >= 15 is 0 Å². The Morgan fingerprint density at radius 1 is 1.29 bits per heavy atom. The monoisotopic (exact) mass is 292 g/mol. The Balaban J connectivity index is 1.75. The molecule has 1 saturated heterocycles. The summed E-state index contributed by atoms with van der Waals surface area (Å²) in [6, 6.07) is 6.00. The lowest BCUT2D eigenvalue weighted by atomic mass is 10.00. The minimum absolute atomic E-state index is 0.0930. The predicted octanol–water partition coefficient (Wildman–Crippen LogP) is 2.05. The Bertz CT molecular complexity index is 502. The Labute approximate surface area is 124 Å². The van der Waals surface area contributed by atoms with Crippen LogP contribution in [-0.4, -0.2) is 30.3 Å². The number of hydrogen-bond donors (Lipinski definition) is 2. The highest BCUT2D eigenvalue weighted by molar-refractivity contribution is 5.97. The number of rotatable bonds is 5. The van der Waals surface area contributed by atoms with Crippen LogP contribution in [0.2, 0.25) is 0 Å². The number of amides is 1. The highest BCUT2D eigenvalue weighted by Gasteiger charge is 2.20. The van der Waals surface area contributed by atoms with Crippen LogP contribution in [0.3, 0.4) is 0 Å². The summed E-state index contributed by atoms with van der Waals surface area (Å²) in [6.07, 6.45) is 2.16. The molecule has 1 aromatic rings. The first-order valence-electron chi connectivity index (χ1n) is 7.36. The Kier molecular flexibility index (Phi) is 5.44. The molecule has 1 amide bonds. The number of hydrogen-bond acceptors (Lipinski definition) is 3. The molecule has 2 atom stereocenters. The number of benzene rings is 1. The minimum atomic E-state index is -0.371. The molecule has 0 radical (unpaired) electrons. The van der Waals surface area contributed by atoms with E-state index in [1.807, 2.05) is 0 Å². The smallest absolute Gasteiger partial charge is 0.220 e. The van der Waals surface area contributed by atoms with E-state index in [-0.39, 0.29) is 36.4 Å². The van der Waals surface area contributed by atoms with Crippen molar-refractivity contribution in [1.29, 1.82) is 0 Å². The highest BCUT2D eigenvalue weighted by Crippen LogP contribution is 2.10. The van der Waals surface area contributed by atoms with E-state index < -0.39 is 0 Å². The van der Waals surface area contributed by atoms with Crippen LogP contribution in [0, 0.1) is 5.82 Å². The van der Waals surface area contributed by atoms with Crippen molar-refractivity contribution in [3.8, 4) is 0 Å². The van der Waals surface area contributed by atoms with Gasteiger partial charge < -0.3 is 10.6 Å². The second-order valence-corrected chi connectivity index (χ2v) is 5.57. The van der Waals surface area contributed by atoms with Crippen molar-refractivity contribution in [2.45, 2.75) is 44.7 Å². The molecule has 0 saturated carbocycles. The van der Waals surface area contributed by atoms with Crippen LogP contribution >= 0.6 is 0 Å². The second kappa shape index (κ2) is 7.31. The molecule has 0 aliphatic carbocycles. The normalized spacial score (nSPS) is 21.8. The van der Waals surface area contributed by atoms with Crippen molar-refractivity contribution >= 4 is 11.7 Å². The van der Waals surface area contributed by atoms with E-state index in [2.05, 4.69) is 17.6 Å². The van der Waals surface area contributed by atoms with Crippen LogP contribution in [0.4, 0.5) is 4.39 Å². The summed E-state index contributed by atoms with van der Waals surface area (Å²) in [5.74, 6) is -0.599. The highest BCUT2D eigenvalue weighted by atomic mass is 19.1. The molecule has 2 unspecified atom stereocenters. The van der Waals surface area contributed by atoms with Gasteiger partial charge in [0, 0.05) is 30.5 Å². The fraction of sp³-hybridized carbons (Fsp3) is 0.500. The molecule has 114 valence electrons. The lowest BCUT2D eigenvalue weighted by Crippen LogP contribution is -2.46. The van der Waals surface area contributed by atoms with Gasteiger partial charge in [-0.25, -0.2) is 4.39 Å². The Morgan fingerprint density at radius 2 is 2.00 bits per heavy atom. The molecule has 1 aliphatic rings. The lowest BCUT2D eigenvalue weighted by Gasteiger charge is -2.28. The SMILES string of the molecule is CC1CC(NC(=O)CCC(=O)c2ccc(F)cc2)CCN1. The third-order valence-corrected chi connectivity index (χ3v) is 3.73. The van der Waals surface area contributed by atoms with Gasteiger partial charge >= 0.3 is 0 Å².